The fraction of sp³-hybridized carbons (Fsp3) is 0.143. The zero-order valence-electron chi connectivity index (χ0n) is 10.3. The fourth-order valence-electron chi connectivity index (χ4n) is 1.83. The van der Waals surface area contributed by atoms with Crippen LogP contribution >= 0.6 is 31.9 Å². The van der Waals surface area contributed by atoms with E-state index in [1.54, 1.807) is 0 Å². The van der Waals surface area contributed by atoms with Crippen LogP contribution in [-0.2, 0) is 0 Å². The van der Waals surface area contributed by atoms with Crippen LogP contribution in [0.25, 0.3) is 0 Å². The molecule has 0 aliphatic rings. The van der Waals surface area contributed by atoms with Gasteiger partial charge in [-0.05, 0) is 40.2 Å². The lowest BCUT2D eigenvalue weighted by Crippen LogP contribution is -2.05. The molecule has 0 amide bonds. The normalized spacial score (nSPS) is 12.3. The maximum absolute atomic E-state index is 13.8. The zero-order chi connectivity index (χ0) is 14.9. The number of hydrogen-bond donors (Lipinski definition) is 1. The van der Waals surface area contributed by atoms with Crippen LogP contribution in [0, 0.1) is 11.6 Å². The monoisotopic (exact) mass is 406 g/mol. The average molecular weight is 408 g/mol. The summed E-state index contributed by atoms with van der Waals surface area (Å²) in [6.07, 6.45) is -1.26. The molecule has 0 fully saturated rings. The Bertz CT molecular complexity index is 647. The smallest absolute Gasteiger partial charge is 0.141 e. The van der Waals surface area contributed by atoms with Crippen molar-refractivity contribution in [3.8, 4) is 5.75 Å². The van der Waals surface area contributed by atoms with E-state index >= 15 is 0 Å². The molecule has 0 saturated heterocycles. The fourth-order valence-corrected chi connectivity index (χ4v) is 2.57. The van der Waals surface area contributed by atoms with Gasteiger partial charge in [0.2, 0.25) is 0 Å². The van der Waals surface area contributed by atoms with Crippen LogP contribution in [0.15, 0.2) is 39.3 Å². The number of ether oxygens (including phenoxy) is 1. The van der Waals surface area contributed by atoms with Crippen molar-refractivity contribution in [1.29, 1.82) is 0 Å². The van der Waals surface area contributed by atoms with Gasteiger partial charge in [0.25, 0.3) is 0 Å². The standard InChI is InChI=1S/C14H10Br2F2O2/c1-20-13-6-12(18)10(16)5-9(13)14(19)8-4-7(15)2-3-11(8)17/h2-6,14,19H,1H3. The molecule has 0 aliphatic heterocycles. The summed E-state index contributed by atoms with van der Waals surface area (Å²) in [5, 5.41) is 10.3. The van der Waals surface area contributed by atoms with Crippen LogP contribution in [-0.4, -0.2) is 12.2 Å². The highest BCUT2D eigenvalue weighted by molar-refractivity contribution is 9.10. The van der Waals surface area contributed by atoms with Crippen molar-refractivity contribution >= 4 is 31.9 Å². The highest BCUT2D eigenvalue weighted by atomic mass is 79.9. The number of methoxy groups -OCH3 is 1. The lowest BCUT2D eigenvalue weighted by atomic mass is 10.00. The van der Waals surface area contributed by atoms with Crippen molar-refractivity contribution < 1.29 is 18.6 Å². The highest BCUT2D eigenvalue weighted by Crippen LogP contribution is 2.35. The molecule has 0 bridgehead atoms. The number of halogens is 4. The molecule has 0 aliphatic carbocycles. The van der Waals surface area contributed by atoms with E-state index in [9.17, 15) is 13.9 Å². The first-order chi connectivity index (χ1) is 9.43. The summed E-state index contributed by atoms with van der Waals surface area (Å²) in [5.41, 5.74) is 0.356. The third-order valence-corrected chi connectivity index (χ3v) is 3.92. The Morgan fingerprint density at radius 1 is 1.05 bits per heavy atom. The predicted octanol–water partition coefficient (Wildman–Crippen LogP) is 4.58. The van der Waals surface area contributed by atoms with Crippen LogP contribution < -0.4 is 4.74 Å². The summed E-state index contributed by atoms with van der Waals surface area (Å²) in [5.74, 6) is -0.923. The molecule has 0 radical (unpaired) electrons. The van der Waals surface area contributed by atoms with E-state index in [0.717, 1.165) is 6.07 Å². The third kappa shape index (κ3) is 3.02. The molecule has 2 aromatic carbocycles. The van der Waals surface area contributed by atoms with Crippen molar-refractivity contribution in [1.82, 2.24) is 0 Å². The van der Waals surface area contributed by atoms with E-state index in [2.05, 4.69) is 31.9 Å². The maximum Gasteiger partial charge on any atom is 0.141 e. The summed E-state index contributed by atoms with van der Waals surface area (Å²) in [4.78, 5) is 0. The minimum absolute atomic E-state index is 0.0798. The Morgan fingerprint density at radius 3 is 2.40 bits per heavy atom. The van der Waals surface area contributed by atoms with Crippen LogP contribution in [0.5, 0.6) is 5.75 Å². The van der Waals surface area contributed by atoms with Crippen molar-refractivity contribution in [2.75, 3.05) is 7.11 Å². The van der Waals surface area contributed by atoms with Crippen molar-refractivity contribution in [3.63, 3.8) is 0 Å². The van der Waals surface area contributed by atoms with Gasteiger partial charge in [-0.25, -0.2) is 8.78 Å². The van der Waals surface area contributed by atoms with Gasteiger partial charge in [-0.15, -0.1) is 0 Å². The first kappa shape index (κ1) is 15.4. The summed E-state index contributed by atoms with van der Waals surface area (Å²) in [6.45, 7) is 0. The highest BCUT2D eigenvalue weighted by Gasteiger charge is 2.21. The van der Waals surface area contributed by atoms with Gasteiger partial charge in [0.05, 0.1) is 11.6 Å². The third-order valence-electron chi connectivity index (χ3n) is 2.82. The van der Waals surface area contributed by atoms with E-state index in [4.69, 9.17) is 4.74 Å². The molecule has 1 atom stereocenters. The van der Waals surface area contributed by atoms with Crippen molar-refractivity contribution in [3.05, 3.63) is 62.0 Å². The summed E-state index contributed by atoms with van der Waals surface area (Å²) >= 11 is 6.26. The number of aliphatic hydroxyl groups excluding tert-OH is 1. The summed E-state index contributed by atoms with van der Waals surface area (Å²) in [7, 11) is 1.36. The van der Waals surface area contributed by atoms with Crippen LogP contribution in [0.2, 0.25) is 0 Å². The topological polar surface area (TPSA) is 29.5 Å². The van der Waals surface area contributed by atoms with Crippen LogP contribution in [0.1, 0.15) is 17.2 Å². The van der Waals surface area contributed by atoms with Gasteiger partial charge in [-0.3, -0.25) is 0 Å². The predicted molar refractivity (Wildman–Crippen MR) is 78.8 cm³/mol. The Balaban J connectivity index is 2.55. The first-order valence-electron chi connectivity index (χ1n) is 5.60. The molecule has 0 saturated carbocycles. The Kier molecular flexibility index (Phi) is 4.78. The van der Waals surface area contributed by atoms with Gasteiger partial charge < -0.3 is 9.84 Å². The van der Waals surface area contributed by atoms with Gasteiger partial charge in [-0.1, -0.05) is 15.9 Å². The second kappa shape index (κ2) is 6.20. The minimum atomic E-state index is -1.26. The number of rotatable bonds is 3. The number of benzene rings is 2. The molecule has 6 heteroatoms. The largest absolute Gasteiger partial charge is 0.496 e. The second-order valence-electron chi connectivity index (χ2n) is 4.08. The van der Waals surface area contributed by atoms with Crippen LogP contribution in [0.4, 0.5) is 8.78 Å². The molecule has 0 aromatic heterocycles. The maximum atomic E-state index is 13.8. The van der Waals surface area contributed by atoms with E-state index in [1.807, 2.05) is 0 Å². The zero-order valence-corrected chi connectivity index (χ0v) is 13.5. The summed E-state index contributed by atoms with van der Waals surface area (Å²) < 4.78 is 33.1. The Morgan fingerprint density at radius 2 is 1.75 bits per heavy atom. The first-order valence-corrected chi connectivity index (χ1v) is 7.18. The molecule has 2 aromatic rings. The number of hydrogen-bond acceptors (Lipinski definition) is 2. The summed E-state index contributed by atoms with van der Waals surface area (Å²) in [6, 6.07) is 6.76. The van der Waals surface area contributed by atoms with Gasteiger partial charge in [0.15, 0.2) is 0 Å². The Labute approximate surface area is 131 Å². The van der Waals surface area contributed by atoms with E-state index in [0.29, 0.717) is 4.47 Å². The number of aliphatic hydroxyl groups is 1. The van der Waals surface area contributed by atoms with Crippen molar-refractivity contribution in [2.24, 2.45) is 0 Å². The lowest BCUT2D eigenvalue weighted by Gasteiger charge is -2.17. The van der Waals surface area contributed by atoms with Gasteiger partial charge in [-0.2, -0.15) is 0 Å². The van der Waals surface area contributed by atoms with Gasteiger partial charge >= 0.3 is 0 Å². The molecule has 2 nitrogen and oxygen atoms in total. The minimum Gasteiger partial charge on any atom is -0.496 e. The molecular formula is C14H10Br2F2O2. The van der Waals surface area contributed by atoms with E-state index < -0.39 is 17.7 Å². The molecular weight excluding hydrogens is 398 g/mol. The molecule has 1 unspecified atom stereocenters. The Hall–Kier alpha value is -0.980. The van der Waals surface area contributed by atoms with E-state index in [1.165, 1.54) is 31.4 Å². The molecule has 0 spiro atoms. The van der Waals surface area contributed by atoms with Gasteiger partial charge in [0, 0.05) is 21.7 Å². The van der Waals surface area contributed by atoms with Crippen LogP contribution in [0.3, 0.4) is 0 Å². The molecule has 1 N–H and O–H groups in total. The molecule has 2 rings (SSSR count). The molecule has 106 valence electrons. The SMILES string of the molecule is COc1cc(F)c(Br)cc1C(O)c1cc(Br)ccc1F. The lowest BCUT2D eigenvalue weighted by molar-refractivity contribution is 0.209. The quantitative estimate of drug-likeness (QED) is 0.806. The second-order valence-corrected chi connectivity index (χ2v) is 5.85. The van der Waals surface area contributed by atoms with Gasteiger partial charge in [0.1, 0.15) is 23.5 Å². The average Bonchev–Trinajstić information content (AvgIpc) is 2.43. The molecule has 20 heavy (non-hydrogen) atoms. The molecule has 0 heterocycles. The van der Waals surface area contributed by atoms with E-state index in [-0.39, 0.29) is 21.3 Å². The van der Waals surface area contributed by atoms with Crippen molar-refractivity contribution in [2.45, 2.75) is 6.10 Å².